The number of hydrogen-bond acceptors (Lipinski definition) is 4. The summed E-state index contributed by atoms with van der Waals surface area (Å²) in [7, 11) is 0. The van der Waals surface area contributed by atoms with E-state index in [1.165, 1.54) is 12.1 Å². The number of carboxylic acids is 2. The molecule has 1 saturated heterocycles. The number of aromatic carboxylic acids is 2. The Morgan fingerprint density at radius 3 is 1.89 bits per heavy atom. The fraction of sp³-hybridized carbons (Fsp3) is 0.167. The smallest absolute Gasteiger partial charge is 0.335 e. The number of benzene rings is 1. The van der Waals surface area contributed by atoms with Gasteiger partial charge in [-0.2, -0.15) is 0 Å². The molecule has 2 N–H and O–H groups in total. The number of carbonyl (C=O) groups excluding carboxylic acids is 2. The van der Waals surface area contributed by atoms with Gasteiger partial charge in [0.05, 0.1) is 24.1 Å². The van der Waals surface area contributed by atoms with Gasteiger partial charge < -0.3 is 15.1 Å². The molecule has 0 atom stereocenters. The van der Waals surface area contributed by atoms with Gasteiger partial charge in [-0.3, -0.25) is 9.59 Å². The molecule has 0 radical (unpaired) electrons. The second-order valence-electron chi connectivity index (χ2n) is 4.07. The SMILES string of the molecule is O=C1CC(=O)N(c2cc(C(=O)O)cc(C(=O)O)c2)C1. The van der Waals surface area contributed by atoms with Crippen molar-refractivity contribution in [1.29, 1.82) is 0 Å². The standard InChI is InChI=1S/C12H9NO6/c14-9-4-10(15)13(5-9)8-2-6(11(16)17)1-7(3-8)12(18)19/h1-3H,4-5H2,(H,16,17)(H,18,19). The van der Waals surface area contributed by atoms with E-state index in [9.17, 15) is 19.2 Å². The number of carboxylic acid groups (broad SMARTS) is 2. The molecule has 1 amide bonds. The minimum absolute atomic E-state index is 0.105. The van der Waals surface area contributed by atoms with Crippen molar-refractivity contribution in [3.8, 4) is 0 Å². The Labute approximate surface area is 107 Å². The molecule has 1 aliphatic rings. The van der Waals surface area contributed by atoms with E-state index in [0.717, 1.165) is 11.0 Å². The average Bonchev–Trinajstić information content (AvgIpc) is 2.67. The second kappa shape index (κ2) is 4.52. The van der Waals surface area contributed by atoms with Crippen LogP contribution in [-0.4, -0.2) is 40.4 Å². The van der Waals surface area contributed by atoms with Gasteiger partial charge in [0.1, 0.15) is 0 Å². The van der Waals surface area contributed by atoms with E-state index < -0.39 is 17.8 Å². The highest BCUT2D eigenvalue weighted by Crippen LogP contribution is 2.23. The average molecular weight is 263 g/mol. The molecule has 7 heteroatoms. The Hall–Kier alpha value is -2.70. The van der Waals surface area contributed by atoms with E-state index in [-0.39, 0.29) is 35.6 Å². The van der Waals surface area contributed by atoms with Gasteiger partial charge in [-0.05, 0) is 18.2 Å². The highest BCUT2D eigenvalue weighted by atomic mass is 16.4. The van der Waals surface area contributed by atoms with Gasteiger partial charge in [-0.1, -0.05) is 0 Å². The zero-order valence-electron chi connectivity index (χ0n) is 9.62. The van der Waals surface area contributed by atoms with Crippen LogP contribution in [0.5, 0.6) is 0 Å². The lowest BCUT2D eigenvalue weighted by molar-refractivity contribution is -0.121. The van der Waals surface area contributed by atoms with Crippen molar-refractivity contribution < 1.29 is 29.4 Å². The molecule has 0 saturated carbocycles. The van der Waals surface area contributed by atoms with Crippen molar-refractivity contribution in [2.24, 2.45) is 0 Å². The molecule has 1 aromatic carbocycles. The van der Waals surface area contributed by atoms with Crippen LogP contribution >= 0.6 is 0 Å². The largest absolute Gasteiger partial charge is 0.478 e. The molecule has 7 nitrogen and oxygen atoms in total. The van der Waals surface area contributed by atoms with Crippen molar-refractivity contribution in [2.45, 2.75) is 6.42 Å². The van der Waals surface area contributed by atoms with Gasteiger partial charge in [-0.25, -0.2) is 9.59 Å². The number of hydrogen-bond donors (Lipinski definition) is 2. The van der Waals surface area contributed by atoms with Gasteiger partial charge in [0, 0.05) is 5.69 Å². The van der Waals surface area contributed by atoms with Crippen LogP contribution in [-0.2, 0) is 9.59 Å². The van der Waals surface area contributed by atoms with Crippen molar-refractivity contribution in [2.75, 3.05) is 11.4 Å². The Morgan fingerprint density at radius 2 is 1.53 bits per heavy atom. The van der Waals surface area contributed by atoms with Crippen LogP contribution in [0.25, 0.3) is 0 Å². The maximum absolute atomic E-state index is 11.6. The fourth-order valence-electron chi connectivity index (χ4n) is 1.83. The van der Waals surface area contributed by atoms with Crippen LogP contribution in [0.2, 0.25) is 0 Å². The summed E-state index contributed by atoms with van der Waals surface area (Å²) in [6.07, 6.45) is -0.250. The normalized spacial score (nSPS) is 14.8. The van der Waals surface area contributed by atoms with Gasteiger partial charge in [0.25, 0.3) is 0 Å². The maximum atomic E-state index is 11.6. The first kappa shape index (κ1) is 12.7. The molecule has 1 aliphatic heterocycles. The molecule has 1 heterocycles. The molecule has 0 spiro atoms. The van der Waals surface area contributed by atoms with Gasteiger partial charge in [-0.15, -0.1) is 0 Å². The molecular formula is C12H9NO6. The third kappa shape index (κ3) is 2.44. The lowest BCUT2D eigenvalue weighted by Gasteiger charge is -2.16. The van der Waals surface area contributed by atoms with Gasteiger partial charge >= 0.3 is 11.9 Å². The monoisotopic (exact) mass is 263 g/mol. The molecule has 1 aromatic rings. The molecule has 2 rings (SSSR count). The summed E-state index contributed by atoms with van der Waals surface area (Å²) in [5, 5.41) is 17.8. The van der Waals surface area contributed by atoms with Crippen LogP contribution in [0.1, 0.15) is 27.1 Å². The minimum Gasteiger partial charge on any atom is -0.478 e. The first-order chi connectivity index (χ1) is 8.88. The summed E-state index contributed by atoms with van der Waals surface area (Å²) in [6, 6.07) is 3.34. The van der Waals surface area contributed by atoms with Crippen molar-refractivity contribution >= 4 is 29.3 Å². The molecule has 0 aromatic heterocycles. The quantitative estimate of drug-likeness (QED) is 0.763. The summed E-state index contributed by atoms with van der Waals surface area (Å²) in [4.78, 5) is 45.7. The van der Waals surface area contributed by atoms with Crippen molar-refractivity contribution in [3.63, 3.8) is 0 Å². The summed E-state index contributed by atoms with van der Waals surface area (Å²) in [6.45, 7) is -0.166. The first-order valence-corrected chi connectivity index (χ1v) is 5.32. The van der Waals surface area contributed by atoms with E-state index >= 15 is 0 Å². The Morgan fingerprint density at radius 1 is 1.00 bits per heavy atom. The number of rotatable bonds is 3. The summed E-state index contributed by atoms with van der Waals surface area (Å²) in [5.74, 6) is -3.36. The zero-order valence-corrected chi connectivity index (χ0v) is 9.62. The predicted molar refractivity (Wildman–Crippen MR) is 62.3 cm³/mol. The van der Waals surface area contributed by atoms with E-state index in [0.29, 0.717) is 0 Å². The Bertz CT molecular complexity index is 574. The van der Waals surface area contributed by atoms with Crippen molar-refractivity contribution in [3.05, 3.63) is 29.3 Å². The van der Waals surface area contributed by atoms with Crippen molar-refractivity contribution in [1.82, 2.24) is 0 Å². The number of anilines is 1. The van der Waals surface area contributed by atoms with Gasteiger partial charge in [0.2, 0.25) is 5.91 Å². The van der Waals surface area contributed by atoms with Crippen LogP contribution in [0, 0.1) is 0 Å². The topological polar surface area (TPSA) is 112 Å². The third-order valence-electron chi connectivity index (χ3n) is 2.71. The van der Waals surface area contributed by atoms with Crippen LogP contribution < -0.4 is 4.90 Å². The predicted octanol–water partition coefficient (Wildman–Crippen LogP) is 0.389. The fourth-order valence-corrected chi connectivity index (χ4v) is 1.83. The number of Topliss-reactive ketones (excluding diaryl/α,β-unsaturated/α-hetero) is 1. The highest BCUT2D eigenvalue weighted by molar-refractivity contribution is 6.15. The lowest BCUT2D eigenvalue weighted by atomic mass is 10.1. The molecule has 0 aliphatic carbocycles. The maximum Gasteiger partial charge on any atom is 0.335 e. The molecule has 0 unspecified atom stereocenters. The molecular weight excluding hydrogens is 254 g/mol. The number of amides is 1. The zero-order chi connectivity index (χ0) is 14.2. The molecule has 98 valence electrons. The molecule has 19 heavy (non-hydrogen) atoms. The van der Waals surface area contributed by atoms with E-state index in [4.69, 9.17) is 10.2 Å². The number of ketones is 1. The summed E-state index contributed by atoms with van der Waals surface area (Å²) >= 11 is 0. The van der Waals surface area contributed by atoms with Gasteiger partial charge in [0.15, 0.2) is 5.78 Å². The first-order valence-electron chi connectivity index (χ1n) is 5.32. The summed E-state index contributed by atoms with van der Waals surface area (Å²) < 4.78 is 0. The van der Waals surface area contributed by atoms with Crippen LogP contribution in [0.15, 0.2) is 18.2 Å². The van der Waals surface area contributed by atoms with E-state index in [2.05, 4.69) is 0 Å². The summed E-state index contributed by atoms with van der Waals surface area (Å²) in [5.41, 5.74) is -0.391. The minimum atomic E-state index is -1.30. The Kier molecular flexibility index (Phi) is 3.04. The molecule has 0 bridgehead atoms. The second-order valence-corrected chi connectivity index (χ2v) is 4.07. The van der Waals surface area contributed by atoms with Crippen LogP contribution in [0.3, 0.4) is 0 Å². The number of carbonyl (C=O) groups is 4. The lowest BCUT2D eigenvalue weighted by Crippen LogP contribution is -2.25. The molecule has 1 fully saturated rings. The number of nitrogens with zero attached hydrogens (tertiary/aromatic N) is 1. The third-order valence-corrected chi connectivity index (χ3v) is 2.71. The van der Waals surface area contributed by atoms with E-state index in [1.54, 1.807) is 0 Å². The van der Waals surface area contributed by atoms with Crippen LogP contribution in [0.4, 0.5) is 5.69 Å². The van der Waals surface area contributed by atoms with E-state index in [1.807, 2.05) is 0 Å². The Balaban J connectivity index is 2.50. The highest BCUT2D eigenvalue weighted by Gasteiger charge is 2.29.